The number of hydrogen-bond donors (Lipinski definition) is 1. The second-order valence-electron chi connectivity index (χ2n) is 3.77. The highest BCUT2D eigenvalue weighted by molar-refractivity contribution is 5.30. The largest absolute Gasteiger partial charge is 0.466 e. The molecule has 2 nitrogen and oxygen atoms in total. The number of aryl methyl sites for hydroxylation is 1. The Morgan fingerprint density at radius 2 is 2.42 bits per heavy atom. The molecule has 2 heteroatoms. The molecule has 0 amide bonds. The lowest BCUT2D eigenvalue weighted by Gasteiger charge is -2.11. The van der Waals surface area contributed by atoms with Crippen LogP contribution in [0.25, 0.3) is 0 Å². The smallest absolute Gasteiger partial charge is 0.111 e. The maximum atomic E-state index is 5.69. The monoisotopic (exact) mass is 165 g/mol. The summed E-state index contributed by atoms with van der Waals surface area (Å²) in [5.41, 5.74) is 7.06. The highest BCUT2D eigenvalue weighted by Gasteiger charge is 2.31. The molecule has 0 aliphatic heterocycles. The van der Waals surface area contributed by atoms with Crippen LogP contribution in [0.15, 0.2) is 10.5 Å². The molecule has 2 unspecified atom stereocenters. The third-order valence-electron chi connectivity index (χ3n) is 2.78. The Bertz CT molecular complexity index is 290. The fourth-order valence-corrected chi connectivity index (χ4v) is 2.15. The van der Waals surface area contributed by atoms with E-state index in [1.165, 1.54) is 5.56 Å². The van der Waals surface area contributed by atoms with Crippen LogP contribution in [-0.2, 0) is 6.42 Å². The van der Waals surface area contributed by atoms with Crippen molar-refractivity contribution in [3.05, 3.63) is 23.2 Å². The average molecular weight is 165 g/mol. The molecule has 0 aromatic carbocycles. The van der Waals surface area contributed by atoms with E-state index in [1.54, 1.807) is 0 Å². The van der Waals surface area contributed by atoms with Crippen LogP contribution in [0.5, 0.6) is 0 Å². The minimum Gasteiger partial charge on any atom is -0.466 e. The lowest BCUT2D eigenvalue weighted by Crippen LogP contribution is -2.15. The van der Waals surface area contributed by atoms with Gasteiger partial charge in [-0.05, 0) is 30.9 Å². The number of fused-ring (bicyclic) bond motifs is 1. The summed E-state index contributed by atoms with van der Waals surface area (Å²) in [5, 5.41) is 0. The topological polar surface area (TPSA) is 39.2 Å². The summed E-state index contributed by atoms with van der Waals surface area (Å²) >= 11 is 0. The summed E-state index contributed by atoms with van der Waals surface area (Å²) in [6.07, 6.45) is 1.13. The first-order chi connectivity index (χ1) is 5.72. The summed E-state index contributed by atoms with van der Waals surface area (Å²) in [7, 11) is 0. The van der Waals surface area contributed by atoms with Crippen LogP contribution in [0.1, 0.15) is 29.9 Å². The first kappa shape index (κ1) is 7.87. The lowest BCUT2D eigenvalue weighted by molar-refractivity contribution is 0.404. The zero-order valence-electron chi connectivity index (χ0n) is 7.63. The molecule has 12 heavy (non-hydrogen) atoms. The minimum absolute atomic E-state index is 0.452. The Balaban J connectivity index is 2.38. The summed E-state index contributed by atoms with van der Waals surface area (Å²) < 4.78 is 5.62. The van der Waals surface area contributed by atoms with Crippen LogP contribution >= 0.6 is 0 Å². The van der Waals surface area contributed by atoms with Gasteiger partial charge in [0.05, 0.1) is 0 Å². The maximum absolute atomic E-state index is 5.69. The van der Waals surface area contributed by atoms with E-state index in [0.717, 1.165) is 17.9 Å². The molecular weight excluding hydrogens is 150 g/mol. The van der Waals surface area contributed by atoms with Gasteiger partial charge in [-0.2, -0.15) is 0 Å². The predicted molar refractivity (Wildman–Crippen MR) is 48.1 cm³/mol. The van der Waals surface area contributed by atoms with Crippen molar-refractivity contribution in [2.45, 2.75) is 26.2 Å². The van der Waals surface area contributed by atoms with E-state index in [1.807, 2.05) is 6.92 Å². The van der Waals surface area contributed by atoms with E-state index in [9.17, 15) is 0 Å². The molecule has 1 aromatic rings. The van der Waals surface area contributed by atoms with Gasteiger partial charge in [-0.1, -0.05) is 6.92 Å². The molecule has 2 N–H and O–H groups in total. The van der Waals surface area contributed by atoms with Crippen molar-refractivity contribution in [2.24, 2.45) is 11.7 Å². The van der Waals surface area contributed by atoms with Crippen molar-refractivity contribution in [3.63, 3.8) is 0 Å². The van der Waals surface area contributed by atoms with Crippen LogP contribution in [0.4, 0.5) is 0 Å². The van der Waals surface area contributed by atoms with Crippen molar-refractivity contribution in [1.82, 2.24) is 0 Å². The maximum Gasteiger partial charge on any atom is 0.111 e. The van der Waals surface area contributed by atoms with Crippen LogP contribution in [0.2, 0.25) is 0 Å². The molecular formula is C10H15NO. The number of furan rings is 1. The molecule has 1 aliphatic rings. The van der Waals surface area contributed by atoms with E-state index in [2.05, 4.69) is 13.0 Å². The van der Waals surface area contributed by atoms with Gasteiger partial charge in [-0.25, -0.2) is 0 Å². The highest BCUT2D eigenvalue weighted by Crippen LogP contribution is 2.38. The summed E-state index contributed by atoms with van der Waals surface area (Å²) in [6, 6.07) is 2.14. The SMILES string of the molecule is Cc1cc2c(o1)C(CN)C(C)C2. The zero-order chi connectivity index (χ0) is 8.72. The van der Waals surface area contributed by atoms with Gasteiger partial charge >= 0.3 is 0 Å². The van der Waals surface area contributed by atoms with Gasteiger partial charge in [-0.3, -0.25) is 0 Å². The Morgan fingerprint density at radius 3 is 3.08 bits per heavy atom. The third kappa shape index (κ3) is 0.985. The van der Waals surface area contributed by atoms with Crippen LogP contribution in [0, 0.1) is 12.8 Å². The quantitative estimate of drug-likeness (QED) is 0.689. The predicted octanol–water partition coefficient (Wildman–Crippen LogP) is 1.82. The van der Waals surface area contributed by atoms with E-state index in [0.29, 0.717) is 18.4 Å². The fraction of sp³-hybridized carbons (Fsp3) is 0.600. The number of rotatable bonds is 1. The molecule has 0 fully saturated rings. The summed E-state index contributed by atoms with van der Waals surface area (Å²) in [6.45, 7) is 4.94. The Morgan fingerprint density at radius 1 is 1.67 bits per heavy atom. The summed E-state index contributed by atoms with van der Waals surface area (Å²) in [4.78, 5) is 0. The van der Waals surface area contributed by atoms with Crippen LogP contribution in [-0.4, -0.2) is 6.54 Å². The molecule has 1 aliphatic carbocycles. The molecule has 0 saturated heterocycles. The number of hydrogen-bond acceptors (Lipinski definition) is 2. The van der Waals surface area contributed by atoms with Gasteiger partial charge in [0, 0.05) is 12.5 Å². The van der Waals surface area contributed by atoms with Gasteiger partial charge in [-0.15, -0.1) is 0 Å². The minimum atomic E-state index is 0.452. The first-order valence-electron chi connectivity index (χ1n) is 4.51. The lowest BCUT2D eigenvalue weighted by atomic mass is 9.98. The van der Waals surface area contributed by atoms with Gasteiger partial charge in [0.1, 0.15) is 11.5 Å². The van der Waals surface area contributed by atoms with E-state index in [-0.39, 0.29) is 0 Å². The van der Waals surface area contributed by atoms with Crippen molar-refractivity contribution >= 4 is 0 Å². The van der Waals surface area contributed by atoms with Crippen LogP contribution in [0.3, 0.4) is 0 Å². The first-order valence-corrected chi connectivity index (χ1v) is 4.51. The third-order valence-corrected chi connectivity index (χ3v) is 2.78. The van der Waals surface area contributed by atoms with E-state index < -0.39 is 0 Å². The van der Waals surface area contributed by atoms with Gasteiger partial charge in [0.25, 0.3) is 0 Å². The zero-order valence-corrected chi connectivity index (χ0v) is 7.63. The average Bonchev–Trinajstić information content (AvgIpc) is 2.43. The molecule has 2 rings (SSSR count). The molecule has 0 bridgehead atoms. The second-order valence-corrected chi connectivity index (χ2v) is 3.77. The van der Waals surface area contributed by atoms with Crippen molar-refractivity contribution < 1.29 is 4.42 Å². The Hall–Kier alpha value is -0.760. The highest BCUT2D eigenvalue weighted by atomic mass is 16.3. The molecule has 1 aromatic heterocycles. The molecule has 0 saturated carbocycles. The summed E-state index contributed by atoms with van der Waals surface area (Å²) in [5.74, 6) is 3.27. The van der Waals surface area contributed by atoms with Crippen LogP contribution < -0.4 is 5.73 Å². The van der Waals surface area contributed by atoms with Gasteiger partial charge in [0.2, 0.25) is 0 Å². The fourth-order valence-electron chi connectivity index (χ4n) is 2.15. The van der Waals surface area contributed by atoms with Crippen molar-refractivity contribution in [1.29, 1.82) is 0 Å². The molecule has 2 atom stereocenters. The molecule has 1 heterocycles. The van der Waals surface area contributed by atoms with E-state index in [4.69, 9.17) is 10.2 Å². The van der Waals surface area contributed by atoms with Gasteiger partial charge < -0.3 is 10.2 Å². The molecule has 0 spiro atoms. The second kappa shape index (κ2) is 2.63. The standard InChI is InChI=1S/C10H15NO/c1-6-3-8-4-7(2)12-10(8)9(6)5-11/h4,6,9H,3,5,11H2,1-2H3. The normalized spacial score (nSPS) is 27.6. The van der Waals surface area contributed by atoms with E-state index >= 15 is 0 Å². The Labute approximate surface area is 72.7 Å². The number of nitrogens with two attached hydrogens (primary N) is 1. The van der Waals surface area contributed by atoms with Gasteiger partial charge in [0.15, 0.2) is 0 Å². The molecule has 0 radical (unpaired) electrons. The van der Waals surface area contributed by atoms with Crippen molar-refractivity contribution in [3.8, 4) is 0 Å². The Kier molecular flexibility index (Phi) is 1.72. The molecule has 66 valence electrons. The van der Waals surface area contributed by atoms with Crippen molar-refractivity contribution in [2.75, 3.05) is 6.54 Å².